The molecule has 1 aromatic rings. The summed E-state index contributed by atoms with van der Waals surface area (Å²) >= 11 is 0. The average Bonchev–Trinajstić information content (AvgIpc) is 2.36. The molecule has 0 radical (unpaired) electrons. The van der Waals surface area contributed by atoms with Crippen LogP contribution in [-0.2, 0) is 11.2 Å². The van der Waals surface area contributed by atoms with Crippen LogP contribution in [0.4, 0.5) is 0 Å². The van der Waals surface area contributed by atoms with E-state index in [1.807, 2.05) is 6.07 Å². The summed E-state index contributed by atoms with van der Waals surface area (Å²) in [6.45, 7) is 13.0. The van der Waals surface area contributed by atoms with Gasteiger partial charge in [-0.15, -0.1) is 0 Å². The van der Waals surface area contributed by atoms with E-state index in [4.69, 9.17) is 0 Å². The Balaban J connectivity index is 2.85. The van der Waals surface area contributed by atoms with E-state index in [0.717, 1.165) is 19.3 Å². The first-order valence-corrected chi connectivity index (χ1v) is 7.76. The number of ketones is 1. The van der Waals surface area contributed by atoms with Gasteiger partial charge in [0.25, 0.3) is 0 Å². The number of hydrogen-bond acceptors (Lipinski definition) is 1. The van der Waals surface area contributed by atoms with E-state index in [-0.39, 0.29) is 16.7 Å². The largest absolute Gasteiger partial charge is 0.299 e. The highest BCUT2D eigenvalue weighted by Crippen LogP contribution is 2.34. The van der Waals surface area contributed by atoms with E-state index < -0.39 is 0 Å². The molecule has 1 rings (SSSR count). The Bertz CT molecular complexity index is 427. The lowest BCUT2D eigenvalue weighted by Gasteiger charge is -2.32. The molecule has 0 fully saturated rings. The zero-order valence-corrected chi connectivity index (χ0v) is 14.0. The molecule has 0 aliphatic rings. The molecular formula is C19H30O. The molecule has 0 N–H and O–H groups in total. The molecule has 0 aliphatic heterocycles. The van der Waals surface area contributed by atoms with E-state index in [1.165, 1.54) is 5.56 Å². The van der Waals surface area contributed by atoms with Crippen LogP contribution in [0.15, 0.2) is 30.3 Å². The number of carbonyl (C=O) groups excluding carboxylic acids is 1. The van der Waals surface area contributed by atoms with E-state index in [0.29, 0.717) is 5.78 Å². The van der Waals surface area contributed by atoms with Gasteiger partial charge in [-0.25, -0.2) is 0 Å². The number of hydrogen-bond donors (Lipinski definition) is 0. The molecule has 2 unspecified atom stereocenters. The third-order valence-corrected chi connectivity index (χ3v) is 4.18. The van der Waals surface area contributed by atoms with Crippen LogP contribution in [-0.4, -0.2) is 5.78 Å². The minimum Gasteiger partial charge on any atom is -0.299 e. The number of rotatable bonds is 6. The normalized spacial score (nSPS) is 16.5. The molecule has 1 aromatic carbocycles. The van der Waals surface area contributed by atoms with Gasteiger partial charge in [0.2, 0.25) is 0 Å². The monoisotopic (exact) mass is 274 g/mol. The van der Waals surface area contributed by atoms with Gasteiger partial charge in [0.05, 0.1) is 0 Å². The molecule has 0 bridgehead atoms. The maximum Gasteiger partial charge on any atom is 0.141 e. The molecule has 112 valence electrons. The van der Waals surface area contributed by atoms with Crippen molar-refractivity contribution >= 4 is 5.78 Å². The Hall–Kier alpha value is -1.11. The molecule has 0 aliphatic carbocycles. The standard InChI is InChI=1S/C19H30O/c1-7-19(6,14-16-11-9-8-10-12-16)17(20)15(2)13-18(3,4)5/h8-12,15H,7,13-14H2,1-6H3. The van der Waals surface area contributed by atoms with Crippen LogP contribution in [0.25, 0.3) is 0 Å². The lowest BCUT2D eigenvalue weighted by Crippen LogP contribution is -2.35. The van der Waals surface area contributed by atoms with E-state index in [9.17, 15) is 4.79 Å². The summed E-state index contributed by atoms with van der Waals surface area (Å²) in [5.41, 5.74) is 1.22. The zero-order chi connectivity index (χ0) is 15.4. The van der Waals surface area contributed by atoms with Crippen LogP contribution in [0, 0.1) is 16.7 Å². The van der Waals surface area contributed by atoms with Crippen LogP contribution >= 0.6 is 0 Å². The molecule has 0 heterocycles. The van der Waals surface area contributed by atoms with E-state index >= 15 is 0 Å². The maximum atomic E-state index is 12.9. The second-order valence-electron chi connectivity index (χ2n) is 7.61. The third kappa shape index (κ3) is 4.77. The first kappa shape index (κ1) is 16.9. The van der Waals surface area contributed by atoms with Crippen molar-refractivity contribution in [3.05, 3.63) is 35.9 Å². The Morgan fingerprint density at radius 1 is 1.10 bits per heavy atom. The van der Waals surface area contributed by atoms with Gasteiger partial charge in [0, 0.05) is 11.3 Å². The molecule has 2 atom stereocenters. The molecule has 0 spiro atoms. The fourth-order valence-corrected chi connectivity index (χ4v) is 3.04. The van der Waals surface area contributed by atoms with Crippen molar-refractivity contribution in [1.82, 2.24) is 0 Å². The summed E-state index contributed by atoms with van der Waals surface area (Å²) in [5.74, 6) is 0.544. The summed E-state index contributed by atoms with van der Waals surface area (Å²) in [6, 6.07) is 10.4. The minimum absolute atomic E-state index is 0.128. The lowest BCUT2D eigenvalue weighted by molar-refractivity contribution is -0.132. The second kappa shape index (κ2) is 6.56. The van der Waals surface area contributed by atoms with Crippen LogP contribution in [0.2, 0.25) is 0 Å². The van der Waals surface area contributed by atoms with Crippen molar-refractivity contribution in [2.45, 2.75) is 60.8 Å². The molecule has 0 saturated heterocycles. The van der Waals surface area contributed by atoms with Crippen molar-refractivity contribution in [2.75, 3.05) is 0 Å². The van der Waals surface area contributed by atoms with E-state index in [1.54, 1.807) is 0 Å². The average molecular weight is 274 g/mol. The van der Waals surface area contributed by atoms with Gasteiger partial charge in [-0.2, -0.15) is 0 Å². The quantitative estimate of drug-likeness (QED) is 0.689. The first-order chi connectivity index (χ1) is 9.18. The fourth-order valence-electron chi connectivity index (χ4n) is 3.04. The van der Waals surface area contributed by atoms with Gasteiger partial charge in [0.15, 0.2) is 0 Å². The number of Topliss-reactive ketones (excluding diaryl/α,β-unsaturated/α-hetero) is 1. The zero-order valence-electron chi connectivity index (χ0n) is 14.0. The summed E-state index contributed by atoms with van der Waals surface area (Å²) in [6.07, 6.45) is 2.70. The molecule has 0 amide bonds. The van der Waals surface area contributed by atoms with Crippen molar-refractivity contribution in [2.24, 2.45) is 16.7 Å². The van der Waals surface area contributed by atoms with Crippen LogP contribution in [0.1, 0.15) is 59.9 Å². The van der Waals surface area contributed by atoms with Gasteiger partial charge in [-0.1, -0.05) is 71.9 Å². The van der Waals surface area contributed by atoms with Crippen molar-refractivity contribution in [1.29, 1.82) is 0 Å². The van der Waals surface area contributed by atoms with Crippen LogP contribution in [0.5, 0.6) is 0 Å². The molecule has 0 aromatic heterocycles. The molecule has 1 heteroatoms. The van der Waals surface area contributed by atoms with Gasteiger partial charge >= 0.3 is 0 Å². The van der Waals surface area contributed by atoms with Crippen molar-refractivity contribution in [3.8, 4) is 0 Å². The predicted molar refractivity (Wildman–Crippen MR) is 86.8 cm³/mol. The molecule has 20 heavy (non-hydrogen) atoms. The van der Waals surface area contributed by atoms with Crippen LogP contribution in [0.3, 0.4) is 0 Å². The Kier molecular flexibility index (Phi) is 5.56. The summed E-state index contributed by atoms with van der Waals surface area (Å²) in [5, 5.41) is 0. The second-order valence-corrected chi connectivity index (χ2v) is 7.61. The molecular weight excluding hydrogens is 244 g/mol. The van der Waals surface area contributed by atoms with Gasteiger partial charge < -0.3 is 0 Å². The highest BCUT2D eigenvalue weighted by Gasteiger charge is 2.35. The summed E-state index contributed by atoms with van der Waals surface area (Å²) in [7, 11) is 0. The third-order valence-electron chi connectivity index (χ3n) is 4.18. The van der Waals surface area contributed by atoms with E-state index in [2.05, 4.69) is 65.8 Å². The summed E-state index contributed by atoms with van der Waals surface area (Å²) < 4.78 is 0. The Morgan fingerprint density at radius 3 is 2.10 bits per heavy atom. The SMILES string of the molecule is CCC(C)(Cc1ccccc1)C(=O)C(C)CC(C)(C)C. The van der Waals surface area contributed by atoms with Crippen LogP contribution < -0.4 is 0 Å². The minimum atomic E-state index is -0.244. The molecule has 0 saturated carbocycles. The topological polar surface area (TPSA) is 17.1 Å². The predicted octanol–water partition coefficient (Wildman–Crippen LogP) is 5.29. The van der Waals surface area contributed by atoms with Crippen molar-refractivity contribution in [3.63, 3.8) is 0 Å². The smallest absolute Gasteiger partial charge is 0.141 e. The van der Waals surface area contributed by atoms with Gasteiger partial charge in [-0.05, 0) is 30.2 Å². The summed E-state index contributed by atoms with van der Waals surface area (Å²) in [4.78, 5) is 12.9. The Morgan fingerprint density at radius 2 is 1.65 bits per heavy atom. The number of carbonyl (C=O) groups is 1. The van der Waals surface area contributed by atoms with Gasteiger partial charge in [0.1, 0.15) is 5.78 Å². The number of benzene rings is 1. The van der Waals surface area contributed by atoms with Gasteiger partial charge in [-0.3, -0.25) is 4.79 Å². The maximum absolute atomic E-state index is 12.9. The Labute approximate surface area is 124 Å². The molecule has 1 nitrogen and oxygen atoms in total. The van der Waals surface area contributed by atoms with Crippen molar-refractivity contribution < 1.29 is 4.79 Å². The highest BCUT2D eigenvalue weighted by atomic mass is 16.1. The fraction of sp³-hybridized carbons (Fsp3) is 0.632. The first-order valence-electron chi connectivity index (χ1n) is 7.76. The lowest BCUT2D eigenvalue weighted by atomic mass is 9.70. The highest BCUT2D eigenvalue weighted by molar-refractivity contribution is 5.86.